The lowest BCUT2D eigenvalue weighted by Crippen LogP contribution is -2.07. The molecule has 0 bridgehead atoms. The first-order valence-electron chi connectivity index (χ1n) is 24.3. The van der Waals surface area contributed by atoms with E-state index in [1.54, 1.807) is 0 Å². The second-order valence-electron chi connectivity index (χ2n) is 19.0. The topological polar surface area (TPSA) is 0 Å². The van der Waals surface area contributed by atoms with E-state index in [4.69, 9.17) is 0 Å². The molecule has 0 heteroatoms. The quantitative estimate of drug-likeness (QED) is 0.134. The minimum atomic E-state index is 0.333. The van der Waals surface area contributed by atoms with Gasteiger partial charge in [-0.05, 0) is 147 Å². The third-order valence-electron chi connectivity index (χ3n) is 15.3. The van der Waals surface area contributed by atoms with Crippen LogP contribution >= 0.6 is 0 Å². The average molecular weight is 867 g/mol. The largest absolute Gasteiger partial charge is 0.0622 e. The van der Waals surface area contributed by atoms with Crippen molar-refractivity contribution >= 4 is 21.5 Å². The van der Waals surface area contributed by atoms with Crippen LogP contribution in [0.15, 0.2) is 255 Å². The Hall–Kier alpha value is -8.06. The Morgan fingerprint density at radius 1 is 0.235 bits per heavy atom. The van der Waals surface area contributed by atoms with Crippen LogP contribution in [0.5, 0.6) is 0 Å². The standard InChI is InChI=1S/C68H50/c1-5-19-45(20-6-1)63-43-55-41-51(35-37-57(55)65(63)47-23-9-3-10-24-47)49-27-17-29-53(39-49)67-59-31-13-15-33-61(59)68(62-34-16-14-32-60(62)67)54-30-18-28-50(40-54)52-36-38-58-56(42-52)44-64(46-21-7-2-8-22-46)66(58)48-25-11-4-12-26-48/h1-42,63-66H,43-44H2. The van der Waals surface area contributed by atoms with Gasteiger partial charge in [-0.25, -0.2) is 0 Å². The fraction of sp³-hybridized carbons (Fsp3) is 0.0882. The monoisotopic (exact) mass is 866 g/mol. The van der Waals surface area contributed by atoms with Gasteiger partial charge in [0.25, 0.3) is 0 Å². The van der Waals surface area contributed by atoms with Crippen molar-refractivity contribution in [2.24, 2.45) is 0 Å². The fourth-order valence-electron chi connectivity index (χ4n) is 12.3. The second kappa shape index (κ2) is 17.0. The lowest BCUT2D eigenvalue weighted by atomic mass is 9.82. The van der Waals surface area contributed by atoms with Crippen LogP contribution < -0.4 is 0 Å². The van der Waals surface area contributed by atoms with E-state index < -0.39 is 0 Å². The molecular formula is C68H50. The lowest BCUT2D eigenvalue weighted by molar-refractivity contribution is 0.657. The van der Waals surface area contributed by atoms with Gasteiger partial charge in [-0.2, -0.15) is 0 Å². The molecule has 0 N–H and O–H groups in total. The Labute approximate surface area is 399 Å². The first kappa shape index (κ1) is 40.2. The number of hydrogen-bond donors (Lipinski definition) is 0. The van der Waals surface area contributed by atoms with Crippen molar-refractivity contribution in [3.63, 3.8) is 0 Å². The van der Waals surface area contributed by atoms with E-state index in [1.165, 1.54) is 111 Å². The van der Waals surface area contributed by atoms with E-state index in [0.717, 1.165) is 12.8 Å². The third-order valence-corrected chi connectivity index (χ3v) is 15.3. The molecule has 0 heterocycles. The van der Waals surface area contributed by atoms with Gasteiger partial charge in [0.05, 0.1) is 0 Å². The Morgan fingerprint density at radius 2 is 0.544 bits per heavy atom. The summed E-state index contributed by atoms with van der Waals surface area (Å²) < 4.78 is 0. The van der Waals surface area contributed by atoms with E-state index in [1.807, 2.05) is 0 Å². The summed E-state index contributed by atoms with van der Waals surface area (Å²) in [5.74, 6) is 1.47. The number of hydrogen-bond acceptors (Lipinski definition) is 0. The highest BCUT2D eigenvalue weighted by Crippen LogP contribution is 2.51. The van der Waals surface area contributed by atoms with Crippen molar-refractivity contribution in [1.82, 2.24) is 0 Å². The van der Waals surface area contributed by atoms with Crippen LogP contribution in [0.25, 0.3) is 66.1 Å². The van der Waals surface area contributed by atoms with Gasteiger partial charge >= 0.3 is 0 Å². The molecule has 4 atom stereocenters. The summed E-state index contributed by atoms with van der Waals surface area (Å²) in [5, 5.41) is 5.08. The van der Waals surface area contributed by atoms with Crippen LogP contribution in [0.1, 0.15) is 68.2 Å². The molecule has 68 heavy (non-hydrogen) atoms. The summed E-state index contributed by atoms with van der Waals surface area (Å²) in [6, 6.07) is 95.6. The molecule has 4 unspecified atom stereocenters. The molecule has 2 aliphatic rings. The normalized spacial score (nSPS) is 17.3. The number of benzene rings is 11. The molecule has 322 valence electrons. The zero-order chi connectivity index (χ0) is 45.0. The van der Waals surface area contributed by atoms with Crippen molar-refractivity contribution in [2.45, 2.75) is 36.5 Å². The highest BCUT2D eigenvalue weighted by molar-refractivity contribution is 6.21. The molecule has 0 saturated carbocycles. The van der Waals surface area contributed by atoms with Crippen molar-refractivity contribution < 1.29 is 0 Å². The second-order valence-corrected chi connectivity index (χ2v) is 19.0. The molecule has 0 radical (unpaired) electrons. The van der Waals surface area contributed by atoms with Crippen LogP contribution in [-0.2, 0) is 12.8 Å². The molecule has 0 fully saturated rings. The van der Waals surface area contributed by atoms with Gasteiger partial charge in [0.2, 0.25) is 0 Å². The van der Waals surface area contributed by atoms with E-state index in [0.29, 0.717) is 23.7 Å². The molecular weight excluding hydrogens is 817 g/mol. The molecule has 0 spiro atoms. The summed E-state index contributed by atoms with van der Waals surface area (Å²) in [4.78, 5) is 0. The average Bonchev–Trinajstić information content (AvgIpc) is 4.00. The van der Waals surface area contributed by atoms with Crippen LogP contribution in [0, 0.1) is 0 Å². The minimum absolute atomic E-state index is 0.333. The smallest absolute Gasteiger partial charge is 0.0164 e. The number of fused-ring (bicyclic) bond motifs is 4. The Kier molecular flexibility index (Phi) is 10.0. The molecule has 0 aromatic heterocycles. The lowest BCUT2D eigenvalue weighted by Gasteiger charge is -2.21. The summed E-state index contributed by atoms with van der Waals surface area (Å²) in [5.41, 5.74) is 21.5. The van der Waals surface area contributed by atoms with Crippen molar-refractivity contribution in [3.8, 4) is 44.5 Å². The summed E-state index contributed by atoms with van der Waals surface area (Å²) in [7, 11) is 0. The maximum absolute atomic E-state index is 2.48. The predicted octanol–water partition coefficient (Wildman–Crippen LogP) is 17.6. The summed E-state index contributed by atoms with van der Waals surface area (Å²) in [6.45, 7) is 0. The van der Waals surface area contributed by atoms with E-state index in [9.17, 15) is 0 Å². The third kappa shape index (κ3) is 6.99. The summed E-state index contributed by atoms with van der Waals surface area (Å²) in [6.07, 6.45) is 2.06. The molecule has 0 amide bonds. The molecule has 0 nitrogen and oxygen atoms in total. The first-order chi connectivity index (χ1) is 33.7. The van der Waals surface area contributed by atoms with Crippen LogP contribution in [0.2, 0.25) is 0 Å². The molecule has 11 aromatic carbocycles. The van der Waals surface area contributed by atoms with Crippen LogP contribution in [-0.4, -0.2) is 0 Å². The molecule has 0 saturated heterocycles. The van der Waals surface area contributed by atoms with Crippen molar-refractivity contribution in [1.29, 1.82) is 0 Å². The zero-order valence-electron chi connectivity index (χ0n) is 38.0. The maximum atomic E-state index is 2.48. The fourth-order valence-corrected chi connectivity index (χ4v) is 12.3. The molecule has 13 rings (SSSR count). The van der Waals surface area contributed by atoms with Crippen molar-refractivity contribution in [2.75, 3.05) is 0 Å². The van der Waals surface area contributed by atoms with E-state index in [2.05, 4.69) is 255 Å². The zero-order valence-corrected chi connectivity index (χ0v) is 38.0. The first-order valence-corrected chi connectivity index (χ1v) is 24.3. The Bertz CT molecular complexity index is 3330. The van der Waals surface area contributed by atoms with Gasteiger partial charge in [0.15, 0.2) is 0 Å². The SMILES string of the molecule is c1ccc(C2Cc3cc(-c4cccc(-c5c6ccccc6c(-c6cccc(-c7ccc8c(c7)CC(c7ccccc7)C8c7ccccc7)c6)c6ccccc56)c4)ccc3C2c2ccccc2)cc1. The Balaban J connectivity index is 0.883. The highest BCUT2D eigenvalue weighted by atomic mass is 14.4. The van der Waals surface area contributed by atoms with Gasteiger partial charge in [0.1, 0.15) is 0 Å². The van der Waals surface area contributed by atoms with E-state index in [-0.39, 0.29) is 0 Å². The maximum Gasteiger partial charge on any atom is 0.0164 e. The van der Waals surface area contributed by atoms with Gasteiger partial charge in [-0.1, -0.05) is 243 Å². The molecule has 2 aliphatic carbocycles. The Morgan fingerprint density at radius 3 is 0.912 bits per heavy atom. The minimum Gasteiger partial charge on any atom is -0.0622 e. The molecule has 11 aromatic rings. The predicted molar refractivity (Wildman–Crippen MR) is 286 cm³/mol. The van der Waals surface area contributed by atoms with Gasteiger partial charge in [-0.3, -0.25) is 0 Å². The molecule has 0 aliphatic heterocycles. The van der Waals surface area contributed by atoms with E-state index >= 15 is 0 Å². The van der Waals surface area contributed by atoms with Crippen molar-refractivity contribution in [3.05, 3.63) is 299 Å². The van der Waals surface area contributed by atoms with Crippen LogP contribution in [0.3, 0.4) is 0 Å². The van der Waals surface area contributed by atoms with Gasteiger partial charge in [0, 0.05) is 11.8 Å². The van der Waals surface area contributed by atoms with Crippen LogP contribution in [0.4, 0.5) is 0 Å². The highest BCUT2D eigenvalue weighted by Gasteiger charge is 2.36. The van der Waals surface area contributed by atoms with Gasteiger partial charge in [-0.15, -0.1) is 0 Å². The number of rotatable bonds is 8. The summed E-state index contributed by atoms with van der Waals surface area (Å²) >= 11 is 0. The van der Waals surface area contributed by atoms with Gasteiger partial charge < -0.3 is 0 Å².